The van der Waals surface area contributed by atoms with Crippen molar-refractivity contribution in [3.05, 3.63) is 115 Å². The summed E-state index contributed by atoms with van der Waals surface area (Å²) in [6.45, 7) is 1.19. The van der Waals surface area contributed by atoms with Gasteiger partial charge in [0.25, 0.3) is 23.2 Å². The molecule has 1 aliphatic rings. The van der Waals surface area contributed by atoms with E-state index < -0.39 is 97.1 Å². The molecule has 2 amide bonds. The van der Waals surface area contributed by atoms with Gasteiger partial charge in [0, 0.05) is 178 Å². The molecule has 0 radical (unpaired) electrons. The van der Waals surface area contributed by atoms with E-state index in [9.17, 15) is 77.7 Å². The topological polar surface area (TPSA) is 167 Å². The Balaban J connectivity index is 0.000000766. The third-order valence-corrected chi connectivity index (χ3v) is 11.3. The van der Waals surface area contributed by atoms with Crippen LogP contribution in [0.1, 0.15) is 65.0 Å². The van der Waals surface area contributed by atoms with Gasteiger partial charge in [-0.3, -0.25) is 38.9 Å². The van der Waals surface area contributed by atoms with Crippen LogP contribution in [0.25, 0.3) is 0 Å². The van der Waals surface area contributed by atoms with Gasteiger partial charge in [0.1, 0.15) is 6.61 Å². The zero-order valence-corrected chi connectivity index (χ0v) is 58.7. The van der Waals surface area contributed by atoms with Crippen LogP contribution in [0.3, 0.4) is 0 Å². The Morgan fingerprint density at radius 2 is 0.588 bits per heavy atom. The van der Waals surface area contributed by atoms with E-state index in [0.29, 0.717) is 12.1 Å². The molecule has 1 aliphatic heterocycles. The number of carbonyl (C=O) groups is 2. The molecule has 2 unspecified atom stereocenters. The van der Waals surface area contributed by atoms with Crippen molar-refractivity contribution < 1.29 is 71.6 Å². The van der Waals surface area contributed by atoms with E-state index >= 15 is 0 Å². The van der Waals surface area contributed by atoms with Gasteiger partial charge in [0.2, 0.25) is 0 Å². The maximum absolute atomic E-state index is 14.4. The highest BCUT2D eigenvalue weighted by molar-refractivity contribution is 7.87. The number of hydrogen-bond acceptors (Lipinski definition) is 9. The average molecular weight is 1520 g/mol. The van der Waals surface area contributed by atoms with E-state index in [-0.39, 0.29) is 16.0 Å². The number of carbonyl (C=O) groups excluding carboxylic acids is 2. The summed E-state index contributed by atoms with van der Waals surface area (Å²) in [5.74, 6) is 142. The fraction of sp³-hybridized carbons (Fsp3) is 0.109. The summed E-state index contributed by atoms with van der Waals surface area (Å²) in [6.07, 6.45) is -1.32. The summed E-state index contributed by atoms with van der Waals surface area (Å²) >= 11 is 0. The Morgan fingerprint density at radius 1 is 0.368 bits per heavy atom. The predicted octanol–water partition coefficient (Wildman–Crippen LogP) is 8.41. The molecule has 3 aromatic carbocycles. The molecule has 4 rings (SSSR count). The molecule has 0 aromatic heterocycles. The van der Waals surface area contributed by atoms with Crippen LogP contribution in [-0.2, 0) is 14.3 Å². The van der Waals surface area contributed by atoms with Crippen molar-refractivity contribution in [3.8, 4) is 368 Å². The first-order valence-corrected chi connectivity index (χ1v) is 30.9. The predicted molar refractivity (Wildman–Crippen MR) is 406 cm³/mol. The minimum Gasteiger partial charge on any atom is -0.269 e. The van der Waals surface area contributed by atoms with Gasteiger partial charge in [-0.25, -0.2) is 26.3 Å². The fourth-order valence-corrected chi connectivity index (χ4v) is 6.38. The van der Waals surface area contributed by atoms with E-state index in [1.807, 2.05) is 0 Å². The number of non-ortho nitro benzene ring substituents is 2. The molecule has 114 heavy (non-hydrogen) atoms. The van der Waals surface area contributed by atoms with Crippen LogP contribution in [0.4, 0.5) is 50.9 Å². The molecule has 0 aliphatic carbocycles. The monoisotopic (exact) mass is 1520 g/mol. The van der Waals surface area contributed by atoms with Gasteiger partial charge in [0.15, 0.2) is 12.3 Å². The Bertz CT molecular complexity index is 6530. The molecule has 1 heterocycles. The van der Waals surface area contributed by atoms with E-state index in [1.54, 1.807) is 20.8 Å². The first kappa shape index (κ1) is 93.3. The molecule has 0 spiro atoms. The normalized spacial score (nSPS) is 8.61. The molecule has 0 N–H and O–H groups in total. The van der Waals surface area contributed by atoms with Crippen LogP contribution in [0.2, 0.25) is 0 Å². The van der Waals surface area contributed by atoms with Gasteiger partial charge in [-0.15, -0.1) is 6.42 Å². The fourth-order valence-electron chi connectivity index (χ4n) is 5.93. The van der Waals surface area contributed by atoms with Gasteiger partial charge in [-0.1, -0.05) is 54.2 Å². The lowest BCUT2D eigenvalue weighted by molar-refractivity contribution is -0.385. The first-order valence-electron chi connectivity index (χ1n) is 29.5. The third-order valence-electron chi connectivity index (χ3n) is 10.3. The highest BCUT2D eigenvalue weighted by Gasteiger charge is 2.51. The van der Waals surface area contributed by atoms with Crippen LogP contribution in [-0.4, -0.2) is 65.5 Å². The van der Waals surface area contributed by atoms with Crippen LogP contribution in [0, 0.1) is 388 Å². The van der Waals surface area contributed by atoms with Gasteiger partial charge in [0.05, 0.1) is 27.5 Å². The van der Waals surface area contributed by atoms with Crippen molar-refractivity contribution in [2.75, 3.05) is 13.2 Å². The number of nitrogens with zero attached hydrogens (tertiary/aromatic N) is 3. The lowest BCUT2D eigenvalue weighted by Gasteiger charge is -2.25. The highest BCUT2D eigenvalue weighted by Crippen LogP contribution is 2.39. The number of hydrogen-bond donors (Lipinski definition) is 0. The number of imide groups is 1. The number of terminal acetylenes is 1. The van der Waals surface area contributed by atoms with Crippen molar-refractivity contribution in [1.29, 1.82) is 0 Å². The zero-order chi connectivity index (χ0) is 84.2. The summed E-state index contributed by atoms with van der Waals surface area (Å²) in [7, 11) is -6.32. The lowest BCUT2D eigenvalue weighted by Crippen LogP contribution is -2.42. The largest absolute Gasteiger partial charge is 0.523 e. The second-order valence-corrected chi connectivity index (χ2v) is 19.5. The summed E-state index contributed by atoms with van der Waals surface area (Å²) in [4.78, 5) is 43.9. The number of nitro benzene ring substituents is 2. The molecular weight excluding hydrogens is 1490 g/mol. The van der Waals surface area contributed by atoms with E-state index in [2.05, 4.69) is 365 Å². The number of nitro groups is 2. The highest BCUT2D eigenvalue weighted by atomic mass is 32.2. The first-order chi connectivity index (χ1) is 54.8. The number of benzene rings is 3. The summed E-state index contributed by atoms with van der Waals surface area (Å²) in [6, 6.07) is 12.3. The molecule has 534 valence electrons. The van der Waals surface area contributed by atoms with Crippen molar-refractivity contribution in [1.82, 2.24) is 4.90 Å². The quantitative estimate of drug-likeness (QED) is 0.0349. The van der Waals surface area contributed by atoms with Crippen LogP contribution < -0.4 is 0 Å². The molecular formula is C92H28F9N3O9S. The number of rotatable bonds is 11. The Labute approximate surface area is 652 Å². The molecule has 12 nitrogen and oxygen atoms in total. The number of fused-ring (bicyclic) bond motifs is 1. The molecule has 0 bridgehead atoms. The summed E-state index contributed by atoms with van der Waals surface area (Å²) in [5.41, 5.74) is -8.80. The van der Waals surface area contributed by atoms with Crippen molar-refractivity contribution in [2.45, 2.75) is 50.5 Å². The third kappa shape index (κ3) is 42.7. The van der Waals surface area contributed by atoms with Crippen LogP contribution >= 0.6 is 0 Å². The molecule has 2 atom stereocenters. The molecule has 3 aromatic rings. The van der Waals surface area contributed by atoms with Crippen LogP contribution in [0.15, 0.2) is 72.8 Å². The van der Waals surface area contributed by atoms with Crippen molar-refractivity contribution in [2.24, 2.45) is 0 Å². The smallest absolute Gasteiger partial charge is 0.269 e. The van der Waals surface area contributed by atoms with Crippen molar-refractivity contribution in [3.63, 3.8) is 0 Å². The van der Waals surface area contributed by atoms with Gasteiger partial charge in [-0.05, 0) is 233 Å². The van der Waals surface area contributed by atoms with Gasteiger partial charge in [-0.2, -0.15) is 21.6 Å². The van der Waals surface area contributed by atoms with Crippen molar-refractivity contribution >= 4 is 33.3 Å². The molecule has 0 saturated carbocycles. The Morgan fingerprint density at radius 3 is 0.798 bits per heavy atom. The summed E-state index contributed by atoms with van der Waals surface area (Å²) < 4.78 is 144. The second-order valence-electron chi connectivity index (χ2n) is 17.9. The van der Waals surface area contributed by atoms with Gasteiger partial charge >= 0.3 is 27.5 Å². The van der Waals surface area contributed by atoms with E-state index in [4.69, 9.17) is 6.42 Å². The molecule has 0 fully saturated rings. The van der Waals surface area contributed by atoms with E-state index in [0.717, 1.165) is 36.4 Å². The minimum absolute atomic E-state index is 0.0287. The number of halogens is 9. The second kappa shape index (κ2) is 56.7. The molecule has 22 heteroatoms. The molecule has 0 saturated heterocycles. The zero-order valence-electron chi connectivity index (χ0n) is 57.9. The number of amides is 2. The Hall–Kier alpha value is -18.8. The van der Waals surface area contributed by atoms with E-state index in [1.165, 1.54) is 24.3 Å². The van der Waals surface area contributed by atoms with Crippen LogP contribution in [0.5, 0.6) is 0 Å². The lowest BCUT2D eigenvalue weighted by atomic mass is 10.0. The summed E-state index contributed by atoms with van der Waals surface area (Å²) in [5, 5.41) is 21.2. The number of alkyl halides is 9. The standard InChI is InChI=1S/C33H4.C32H6.C17H11F3N2O4.C10H7F6NO5S/c1-3-5-7-9-11-13-15-17-19-21-23-25-27-29-31-33-32-30-28-26-24-22-20-18-16-14-12-10-8-6-4-2;1-3-5-7-9-11-13-15-17-19-21-23-25-27-29-31-32-30-28-26-24-22-20-18-16-14-12-10-8-6-4-2;18-14(10-4-3-5-11(8-10)22(25)26)17(19,20)9-21-15(23)12-6-1-2-7-13(12)16(21)24;11-8(6-2-1-3-7(4-6)17(18)19)9(12,13)5-22-23(20,21)10(14,15)16/h1H,2H3;1-2H3;1-8,14H,9H2;1-4,8H,5H2. The minimum atomic E-state index is -6.32. The van der Waals surface area contributed by atoms with Gasteiger partial charge < -0.3 is 0 Å². The average Bonchev–Trinajstić information content (AvgIpc) is 1.61. The Kier molecular flexibility index (Phi) is 46.4. The maximum atomic E-state index is 14.4. The maximum Gasteiger partial charge on any atom is 0.523 e. The SMILES string of the molecule is C#CC#CC#CC#CC#CC#CC#CC#CC#CC#CC#CC#CC#CC#CC#CC#CC.CC#CC#CC#CC#CC#CC#CC#CC#CC#CC#CC#CC#CC#CC#CC#CC.O=C1c2ccccc2C(=O)N1CC(F)(F)C(F)c1cccc([N+](=O)[O-])c1.O=[N+]([O-])c1cccc(C(F)C(F)(F)COS(=O)(=O)C(F)(F)F)c1.